The summed E-state index contributed by atoms with van der Waals surface area (Å²) in [6.07, 6.45) is 0. The van der Waals surface area contributed by atoms with E-state index >= 15 is 0 Å². The van der Waals surface area contributed by atoms with E-state index in [0.29, 0.717) is 4.47 Å². The van der Waals surface area contributed by atoms with Gasteiger partial charge in [-0.15, -0.1) is 0 Å². The third-order valence-corrected chi connectivity index (χ3v) is 5.60. The number of esters is 1. The van der Waals surface area contributed by atoms with Crippen molar-refractivity contribution in [1.29, 1.82) is 0 Å². The molecule has 152 valence electrons. The van der Waals surface area contributed by atoms with Gasteiger partial charge >= 0.3 is 12.6 Å². The first-order valence-electron chi connectivity index (χ1n) is 7.69. The maximum absolute atomic E-state index is 12.4. The minimum Gasteiger partial charge on any atom is -0.457 e. The number of alkyl halides is 2. The van der Waals surface area contributed by atoms with Gasteiger partial charge in [-0.3, -0.25) is 4.84 Å². The van der Waals surface area contributed by atoms with Crippen molar-refractivity contribution in [2.75, 3.05) is 14.2 Å². The van der Waals surface area contributed by atoms with Gasteiger partial charge in [0.2, 0.25) is 0 Å². The molecular weight excluding hydrogens is 420 g/mol. The molecule has 2 aromatic carbocycles. The molecule has 2 rings (SSSR count). The highest BCUT2D eigenvalue weighted by Crippen LogP contribution is 2.25. The molecule has 0 aliphatic heterocycles. The van der Waals surface area contributed by atoms with Crippen LogP contribution in [0.2, 0.25) is 5.02 Å². The molecule has 0 aromatic heterocycles. The summed E-state index contributed by atoms with van der Waals surface area (Å²) in [5, 5.41) is -0.0406. The van der Waals surface area contributed by atoms with Crippen molar-refractivity contribution in [3.05, 3.63) is 58.6 Å². The Hall–Kier alpha value is -2.27. The second kappa shape index (κ2) is 9.28. The van der Waals surface area contributed by atoms with E-state index < -0.39 is 22.6 Å². The van der Waals surface area contributed by atoms with Crippen molar-refractivity contribution in [1.82, 2.24) is 4.47 Å². The van der Waals surface area contributed by atoms with Gasteiger partial charge in [0.05, 0.1) is 22.6 Å². The summed E-state index contributed by atoms with van der Waals surface area (Å²) < 4.78 is 59.5. The van der Waals surface area contributed by atoms with E-state index in [1.807, 2.05) is 0 Å². The summed E-state index contributed by atoms with van der Waals surface area (Å²) in [6, 6.07) is 9.26. The largest absolute Gasteiger partial charge is 0.457 e. The fraction of sp³-hybridized carbons (Fsp3) is 0.235. The number of carbonyl (C=O) groups excluding carboxylic acids is 1. The van der Waals surface area contributed by atoms with Gasteiger partial charge in [0, 0.05) is 12.6 Å². The van der Waals surface area contributed by atoms with Gasteiger partial charge in [0.1, 0.15) is 12.4 Å². The van der Waals surface area contributed by atoms with Gasteiger partial charge in [-0.2, -0.15) is 8.78 Å². The van der Waals surface area contributed by atoms with E-state index in [9.17, 15) is 22.0 Å². The second-order valence-electron chi connectivity index (χ2n) is 5.30. The summed E-state index contributed by atoms with van der Waals surface area (Å²) in [5.74, 6) is -1.08. The predicted octanol–water partition coefficient (Wildman–Crippen LogP) is 3.48. The fourth-order valence-electron chi connectivity index (χ4n) is 2.12. The van der Waals surface area contributed by atoms with Crippen LogP contribution in [0, 0.1) is 0 Å². The molecule has 0 atom stereocenters. The minimum atomic E-state index is -4.01. The SMILES string of the molecule is CON(C)S(=O)(=O)c1ccc(Cl)c(C(=O)OCc2ccccc2OC(F)F)c1. The smallest absolute Gasteiger partial charge is 0.387 e. The Balaban J connectivity index is 2.23. The molecule has 0 aliphatic rings. The molecule has 2 aromatic rings. The second-order valence-corrected chi connectivity index (χ2v) is 7.64. The number of halogens is 3. The lowest BCUT2D eigenvalue weighted by atomic mass is 10.2. The van der Waals surface area contributed by atoms with Crippen LogP contribution in [0.15, 0.2) is 47.4 Å². The first-order valence-corrected chi connectivity index (χ1v) is 9.51. The zero-order valence-electron chi connectivity index (χ0n) is 14.8. The van der Waals surface area contributed by atoms with E-state index in [1.165, 1.54) is 44.5 Å². The topological polar surface area (TPSA) is 82.1 Å². The zero-order chi connectivity index (χ0) is 20.9. The number of hydroxylamine groups is 1. The number of carbonyl (C=O) groups is 1. The standard InChI is InChI=1S/C17H16ClF2NO6S/c1-21(25-2)28(23,24)12-7-8-14(18)13(9-12)16(22)26-10-11-5-3-4-6-15(11)27-17(19)20/h3-9,17H,10H2,1-2H3. The Bertz CT molecular complexity index is 954. The van der Waals surface area contributed by atoms with E-state index in [4.69, 9.17) is 16.3 Å². The van der Waals surface area contributed by atoms with Crippen molar-refractivity contribution in [3.63, 3.8) is 0 Å². The van der Waals surface area contributed by atoms with Gasteiger partial charge in [0.25, 0.3) is 10.0 Å². The molecule has 0 saturated carbocycles. The zero-order valence-corrected chi connectivity index (χ0v) is 16.3. The lowest BCUT2D eigenvalue weighted by Gasteiger charge is -2.15. The molecule has 0 fully saturated rings. The molecule has 0 unspecified atom stereocenters. The molecule has 0 spiro atoms. The highest BCUT2D eigenvalue weighted by Gasteiger charge is 2.24. The van der Waals surface area contributed by atoms with Gasteiger partial charge < -0.3 is 9.47 Å². The van der Waals surface area contributed by atoms with Crippen molar-refractivity contribution >= 4 is 27.6 Å². The molecule has 0 aliphatic carbocycles. The van der Waals surface area contributed by atoms with Gasteiger partial charge in [-0.05, 0) is 24.3 Å². The summed E-state index contributed by atoms with van der Waals surface area (Å²) >= 11 is 5.97. The van der Waals surface area contributed by atoms with Crippen LogP contribution in [-0.2, 0) is 26.2 Å². The number of para-hydroxylation sites is 1. The number of nitrogens with zero attached hydrogens (tertiary/aromatic N) is 1. The van der Waals surface area contributed by atoms with Crippen LogP contribution < -0.4 is 4.74 Å². The molecule has 0 heterocycles. The van der Waals surface area contributed by atoms with Crippen LogP contribution in [0.3, 0.4) is 0 Å². The molecule has 7 nitrogen and oxygen atoms in total. The number of rotatable bonds is 8. The molecule has 0 saturated heterocycles. The lowest BCUT2D eigenvalue weighted by Crippen LogP contribution is -2.26. The van der Waals surface area contributed by atoms with Gasteiger partial charge in [-0.25, -0.2) is 13.2 Å². The lowest BCUT2D eigenvalue weighted by molar-refractivity contribution is -0.0510. The Morgan fingerprint density at radius 3 is 2.54 bits per heavy atom. The van der Waals surface area contributed by atoms with E-state index in [-0.39, 0.29) is 33.4 Å². The number of hydrogen-bond acceptors (Lipinski definition) is 6. The van der Waals surface area contributed by atoms with Crippen molar-refractivity contribution in [3.8, 4) is 5.75 Å². The Kier molecular flexibility index (Phi) is 7.30. The summed E-state index contributed by atoms with van der Waals surface area (Å²) in [4.78, 5) is 16.8. The molecule has 0 amide bonds. The first-order chi connectivity index (χ1) is 13.2. The Labute approximate surface area is 165 Å². The third-order valence-electron chi connectivity index (χ3n) is 3.60. The van der Waals surface area contributed by atoms with Crippen LogP contribution in [0.4, 0.5) is 8.78 Å². The maximum Gasteiger partial charge on any atom is 0.387 e. The highest BCUT2D eigenvalue weighted by atomic mass is 35.5. The summed E-state index contributed by atoms with van der Waals surface area (Å²) in [5.41, 5.74) is -0.00494. The molecule has 0 radical (unpaired) electrons. The highest BCUT2D eigenvalue weighted by molar-refractivity contribution is 7.89. The van der Waals surface area contributed by atoms with Crippen molar-refractivity contribution < 1.29 is 36.3 Å². The van der Waals surface area contributed by atoms with E-state index in [1.54, 1.807) is 6.07 Å². The van der Waals surface area contributed by atoms with Crippen molar-refractivity contribution in [2.45, 2.75) is 18.1 Å². The normalized spacial score (nSPS) is 11.7. The van der Waals surface area contributed by atoms with Crippen LogP contribution in [0.25, 0.3) is 0 Å². The predicted molar refractivity (Wildman–Crippen MR) is 95.6 cm³/mol. The molecule has 0 N–H and O–H groups in total. The third kappa shape index (κ3) is 5.16. The van der Waals surface area contributed by atoms with Crippen LogP contribution in [-0.4, -0.2) is 39.6 Å². The molecule has 28 heavy (non-hydrogen) atoms. The quantitative estimate of drug-likeness (QED) is 0.466. The summed E-state index contributed by atoms with van der Waals surface area (Å²) in [6.45, 7) is -3.42. The number of benzene rings is 2. The molecular formula is C17H16ClF2NO6S. The average Bonchev–Trinajstić information content (AvgIpc) is 2.66. The number of hydrogen-bond donors (Lipinski definition) is 0. The number of sulfonamides is 1. The molecule has 11 heteroatoms. The monoisotopic (exact) mass is 435 g/mol. The van der Waals surface area contributed by atoms with Crippen LogP contribution >= 0.6 is 11.6 Å². The minimum absolute atomic E-state index is 0.0406. The van der Waals surface area contributed by atoms with Gasteiger partial charge in [-0.1, -0.05) is 34.3 Å². The van der Waals surface area contributed by atoms with Gasteiger partial charge in [0.15, 0.2) is 0 Å². The first kappa shape index (κ1) is 22.0. The maximum atomic E-state index is 12.4. The van der Waals surface area contributed by atoms with E-state index in [2.05, 4.69) is 9.57 Å². The fourth-order valence-corrected chi connectivity index (χ4v) is 3.32. The number of ether oxygens (including phenoxy) is 2. The average molecular weight is 436 g/mol. The van der Waals surface area contributed by atoms with Crippen LogP contribution in [0.5, 0.6) is 5.75 Å². The Morgan fingerprint density at radius 1 is 1.21 bits per heavy atom. The summed E-state index contributed by atoms with van der Waals surface area (Å²) in [7, 11) is -1.66. The van der Waals surface area contributed by atoms with E-state index in [0.717, 1.165) is 6.07 Å². The Morgan fingerprint density at radius 2 is 1.89 bits per heavy atom. The molecule has 0 bridgehead atoms. The van der Waals surface area contributed by atoms with Crippen molar-refractivity contribution in [2.24, 2.45) is 0 Å². The van der Waals surface area contributed by atoms with Crippen LogP contribution in [0.1, 0.15) is 15.9 Å².